The molecule has 1 fully saturated rings. The van der Waals surface area contributed by atoms with Gasteiger partial charge in [0.2, 0.25) is 15.7 Å². The van der Waals surface area contributed by atoms with Crippen molar-refractivity contribution in [1.29, 1.82) is 0 Å². The van der Waals surface area contributed by atoms with Crippen LogP contribution in [0.4, 0.5) is 10.1 Å². The fourth-order valence-electron chi connectivity index (χ4n) is 4.79. The third-order valence-electron chi connectivity index (χ3n) is 6.77. The summed E-state index contributed by atoms with van der Waals surface area (Å²) in [5.74, 6) is -1.28. The van der Waals surface area contributed by atoms with Gasteiger partial charge in [-0.15, -0.1) is 0 Å². The van der Waals surface area contributed by atoms with Crippen LogP contribution in [-0.2, 0) is 21.2 Å². The standard InChI is InChI=1S/C28H26FN3O5S/c29-21-11-8-19(9-12-21)18-32-23-17-20(27(34)30-14-4-16-31-15-3-7-26(31)33)10-13-25(23)38(36,37)24-6-2-1-5-22(24)28(32)35/h1-2,5-6,8-13,17H,3-4,7,14-16,18H2,(H,30,34). The molecule has 2 aliphatic heterocycles. The molecule has 2 heterocycles. The monoisotopic (exact) mass is 535 g/mol. The van der Waals surface area contributed by atoms with Gasteiger partial charge >= 0.3 is 0 Å². The number of carbonyl (C=O) groups excluding carboxylic acids is 3. The molecule has 3 aromatic rings. The zero-order valence-electron chi connectivity index (χ0n) is 20.5. The van der Waals surface area contributed by atoms with Crippen LogP contribution >= 0.6 is 0 Å². The second-order valence-corrected chi connectivity index (χ2v) is 11.2. The Morgan fingerprint density at radius 1 is 0.974 bits per heavy atom. The zero-order valence-corrected chi connectivity index (χ0v) is 21.3. The highest BCUT2D eigenvalue weighted by Gasteiger charge is 2.36. The van der Waals surface area contributed by atoms with Crippen molar-refractivity contribution in [2.75, 3.05) is 24.5 Å². The summed E-state index contributed by atoms with van der Waals surface area (Å²) in [6.07, 6.45) is 1.99. The molecule has 0 aliphatic carbocycles. The Morgan fingerprint density at radius 2 is 1.74 bits per heavy atom. The molecule has 10 heteroatoms. The minimum Gasteiger partial charge on any atom is -0.352 e. The van der Waals surface area contributed by atoms with Crippen LogP contribution in [0, 0.1) is 5.82 Å². The smallest absolute Gasteiger partial charge is 0.259 e. The third-order valence-corrected chi connectivity index (χ3v) is 8.63. The molecule has 1 saturated heterocycles. The number of benzene rings is 3. The van der Waals surface area contributed by atoms with E-state index in [1.54, 1.807) is 17.0 Å². The summed E-state index contributed by atoms with van der Waals surface area (Å²) in [4.78, 5) is 41.3. The maximum atomic E-state index is 13.7. The first kappa shape index (κ1) is 25.6. The van der Waals surface area contributed by atoms with Gasteiger partial charge in [-0.1, -0.05) is 24.3 Å². The number of fused-ring (bicyclic) bond motifs is 2. The van der Waals surface area contributed by atoms with E-state index >= 15 is 0 Å². The first-order valence-corrected chi connectivity index (χ1v) is 13.8. The van der Waals surface area contributed by atoms with E-state index in [1.807, 2.05) is 0 Å². The van der Waals surface area contributed by atoms with E-state index in [9.17, 15) is 27.2 Å². The van der Waals surface area contributed by atoms with Crippen molar-refractivity contribution in [2.24, 2.45) is 0 Å². The average molecular weight is 536 g/mol. The number of carbonyl (C=O) groups is 3. The van der Waals surface area contributed by atoms with Crippen molar-refractivity contribution >= 4 is 33.2 Å². The molecule has 0 atom stereocenters. The van der Waals surface area contributed by atoms with E-state index in [2.05, 4.69) is 5.32 Å². The molecule has 0 bridgehead atoms. The Balaban J connectivity index is 1.46. The van der Waals surface area contributed by atoms with Crippen LogP contribution in [0.3, 0.4) is 0 Å². The Hall–Kier alpha value is -4.05. The van der Waals surface area contributed by atoms with Crippen LogP contribution in [0.1, 0.15) is 45.5 Å². The van der Waals surface area contributed by atoms with Crippen molar-refractivity contribution < 1.29 is 27.2 Å². The molecular formula is C28H26FN3O5S. The van der Waals surface area contributed by atoms with Crippen LogP contribution in [0.25, 0.3) is 0 Å². The molecule has 3 aromatic carbocycles. The minimum atomic E-state index is -4.07. The zero-order chi connectivity index (χ0) is 26.9. The second-order valence-electron chi connectivity index (χ2n) is 9.29. The van der Waals surface area contributed by atoms with E-state index in [4.69, 9.17) is 0 Å². The van der Waals surface area contributed by atoms with Gasteiger partial charge in [-0.3, -0.25) is 14.4 Å². The third kappa shape index (κ3) is 4.91. The first-order valence-electron chi connectivity index (χ1n) is 12.4. The van der Waals surface area contributed by atoms with Gasteiger partial charge in [-0.25, -0.2) is 12.8 Å². The van der Waals surface area contributed by atoms with E-state index < -0.39 is 27.5 Å². The van der Waals surface area contributed by atoms with Gasteiger partial charge in [0.25, 0.3) is 11.8 Å². The molecule has 0 saturated carbocycles. The number of sulfone groups is 1. The Bertz CT molecular complexity index is 1520. The number of rotatable bonds is 7. The van der Waals surface area contributed by atoms with Gasteiger partial charge in [0, 0.05) is 31.6 Å². The van der Waals surface area contributed by atoms with Gasteiger partial charge in [0.15, 0.2) is 0 Å². The maximum Gasteiger partial charge on any atom is 0.259 e. The molecule has 8 nitrogen and oxygen atoms in total. The summed E-state index contributed by atoms with van der Waals surface area (Å²) in [5.41, 5.74) is 0.881. The molecule has 3 amide bonds. The number of halogens is 1. The number of nitrogens with zero attached hydrogens (tertiary/aromatic N) is 2. The van der Waals surface area contributed by atoms with Crippen LogP contribution in [0.5, 0.6) is 0 Å². The van der Waals surface area contributed by atoms with Gasteiger partial charge < -0.3 is 15.1 Å². The minimum absolute atomic E-state index is 0.0215. The van der Waals surface area contributed by atoms with E-state index in [0.717, 1.165) is 13.0 Å². The summed E-state index contributed by atoms with van der Waals surface area (Å²) < 4.78 is 40.7. The average Bonchev–Trinajstić information content (AvgIpc) is 3.31. The summed E-state index contributed by atoms with van der Waals surface area (Å²) in [6, 6.07) is 15.7. The fraction of sp³-hybridized carbons (Fsp3) is 0.250. The van der Waals surface area contributed by atoms with Crippen molar-refractivity contribution in [2.45, 2.75) is 35.6 Å². The molecule has 0 spiro atoms. The van der Waals surface area contributed by atoms with Crippen LogP contribution in [-0.4, -0.2) is 50.7 Å². The van der Waals surface area contributed by atoms with Crippen molar-refractivity contribution in [3.63, 3.8) is 0 Å². The lowest BCUT2D eigenvalue weighted by molar-refractivity contribution is -0.127. The van der Waals surface area contributed by atoms with Crippen molar-refractivity contribution in [3.8, 4) is 0 Å². The highest BCUT2D eigenvalue weighted by Crippen LogP contribution is 2.38. The lowest BCUT2D eigenvalue weighted by Crippen LogP contribution is -2.32. The number of hydrogen-bond acceptors (Lipinski definition) is 5. The predicted octanol–water partition coefficient (Wildman–Crippen LogP) is 3.56. The van der Waals surface area contributed by atoms with E-state index in [1.165, 1.54) is 59.5 Å². The number of hydrogen-bond donors (Lipinski definition) is 1. The Labute approximate surface area is 220 Å². The summed E-state index contributed by atoms with van der Waals surface area (Å²) in [5, 5.41) is 2.81. The quantitative estimate of drug-likeness (QED) is 0.466. The molecule has 0 radical (unpaired) electrons. The van der Waals surface area contributed by atoms with Crippen LogP contribution in [0.2, 0.25) is 0 Å². The molecule has 1 N–H and O–H groups in total. The largest absolute Gasteiger partial charge is 0.352 e. The molecule has 5 rings (SSSR count). The highest BCUT2D eigenvalue weighted by atomic mass is 32.2. The van der Waals surface area contributed by atoms with Crippen LogP contribution < -0.4 is 10.2 Å². The van der Waals surface area contributed by atoms with Gasteiger partial charge in [-0.2, -0.15) is 0 Å². The lowest BCUT2D eigenvalue weighted by atomic mass is 10.1. The molecular weight excluding hydrogens is 509 g/mol. The fourth-order valence-corrected chi connectivity index (χ4v) is 6.42. The molecule has 0 aromatic heterocycles. The summed E-state index contributed by atoms with van der Waals surface area (Å²) in [7, 11) is -4.07. The highest BCUT2D eigenvalue weighted by molar-refractivity contribution is 7.91. The molecule has 2 aliphatic rings. The number of likely N-dealkylation sites (tertiary alicyclic amines) is 1. The normalized spacial score (nSPS) is 16.1. The first-order chi connectivity index (χ1) is 18.3. The van der Waals surface area contributed by atoms with Gasteiger partial charge in [0.05, 0.1) is 27.6 Å². The van der Waals surface area contributed by atoms with Gasteiger partial charge in [-0.05, 0) is 60.9 Å². The Kier molecular flexibility index (Phi) is 6.98. The predicted molar refractivity (Wildman–Crippen MR) is 138 cm³/mol. The topological polar surface area (TPSA) is 104 Å². The van der Waals surface area contributed by atoms with Crippen molar-refractivity contribution in [1.82, 2.24) is 10.2 Å². The SMILES string of the molecule is O=C(NCCCN1CCCC1=O)c1ccc2c(c1)N(Cc1ccc(F)cc1)C(=O)c1ccccc1S2(=O)=O. The molecule has 0 unspecified atom stereocenters. The van der Waals surface area contributed by atoms with Gasteiger partial charge in [0.1, 0.15) is 5.82 Å². The maximum absolute atomic E-state index is 13.7. The second kappa shape index (κ2) is 10.4. The summed E-state index contributed by atoms with van der Waals surface area (Å²) in [6.45, 7) is 1.60. The number of nitrogens with one attached hydrogen (secondary N) is 1. The van der Waals surface area contributed by atoms with E-state index in [0.29, 0.717) is 31.5 Å². The molecule has 196 valence electrons. The number of anilines is 1. The van der Waals surface area contributed by atoms with Crippen molar-refractivity contribution in [3.05, 3.63) is 89.2 Å². The summed E-state index contributed by atoms with van der Waals surface area (Å²) >= 11 is 0. The molecule has 38 heavy (non-hydrogen) atoms. The Morgan fingerprint density at radius 3 is 2.47 bits per heavy atom. The number of amides is 3. The van der Waals surface area contributed by atoms with Crippen LogP contribution in [0.15, 0.2) is 76.5 Å². The lowest BCUT2D eigenvalue weighted by Gasteiger charge is -2.23. The van der Waals surface area contributed by atoms with E-state index in [-0.39, 0.29) is 39.1 Å².